The number of rotatable bonds is 6. The summed E-state index contributed by atoms with van der Waals surface area (Å²) in [6.07, 6.45) is 0. The Kier molecular flexibility index (Phi) is 6.61. The first-order chi connectivity index (χ1) is 12.7. The van der Waals surface area contributed by atoms with Crippen molar-refractivity contribution in [3.8, 4) is 0 Å². The SMILES string of the molecule is CC(C)N(C(=O)CNc1ccccc1C(=O)NC(C)(C)C)c1ccccc1. The molecular formula is C22H29N3O2. The number of nitrogens with one attached hydrogen (secondary N) is 2. The Labute approximate surface area is 161 Å². The summed E-state index contributed by atoms with van der Waals surface area (Å²) >= 11 is 0. The second-order valence-corrected chi connectivity index (χ2v) is 7.80. The largest absolute Gasteiger partial charge is 0.375 e. The van der Waals surface area contributed by atoms with Crippen molar-refractivity contribution in [3.63, 3.8) is 0 Å². The van der Waals surface area contributed by atoms with Crippen molar-refractivity contribution in [1.82, 2.24) is 5.32 Å². The summed E-state index contributed by atoms with van der Waals surface area (Å²) in [6.45, 7) is 9.87. The second-order valence-electron chi connectivity index (χ2n) is 7.80. The van der Waals surface area contributed by atoms with Gasteiger partial charge in [-0.1, -0.05) is 30.3 Å². The van der Waals surface area contributed by atoms with Crippen LogP contribution in [0.25, 0.3) is 0 Å². The van der Waals surface area contributed by atoms with Gasteiger partial charge in [-0.05, 0) is 58.9 Å². The fraction of sp³-hybridized carbons (Fsp3) is 0.364. The van der Waals surface area contributed by atoms with Crippen molar-refractivity contribution >= 4 is 23.2 Å². The van der Waals surface area contributed by atoms with Crippen LogP contribution in [-0.4, -0.2) is 29.9 Å². The zero-order valence-electron chi connectivity index (χ0n) is 16.7. The van der Waals surface area contributed by atoms with Crippen molar-refractivity contribution in [2.45, 2.75) is 46.2 Å². The summed E-state index contributed by atoms with van der Waals surface area (Å²) in [5.74, 6) is -0.218. The Morgan fingerprint density at radius 2 is 1.56 bits per heavy atom. The molecule has 0 atom stereocenters. The molecule has 0 unspecified atom stereocenters. The minimum Gasteiger partial charge on any atom is -0.375 e. The third-order valence-corrected chi connectivity index (χ3v) is 3.91. The standard InChI is InChI=1S/C22H29N3O2/c1-16(2)25(17-11-7-6-8-12-17)20(26)15-23-19-14-10-9-13-18(19)21(27)24-22(3,4)5/h6-14,16,23H,15H2,1-5H3,(H,24,27). The summed E-state index contributed by atoms with van der Waals surface area (Å²) in [7, 11) is 0. The van der Waals surface area contributed by atoms with E-state index in [1.54, 1.807) is 11.0 Å². The molecule has 0 heterocycles. The van der Waals surface area contributed by atoms with E-state index in [4.69, 9.17) is 0 Å². The molecule has 2 N–H and O–H groups in total. The Hall–Kier alpha value is -2.82. The van der Waals surface area contributed by atoms with Crippen LogP contribution in [0.15, 0.2) is 54.6 Å². The number of para-hydroxylation sites is 2. The third-order valence-electron chi connectivity index (χ3n) is 3.91. The van der Waals surface area contributed by atoms with Crippen LogP contribution >= 0.6 is 0 Å². The van der Waals surface area contributed by atoms with Crippen molar-refractivity contribution in [3.05, 3.63) is 60.2 Å². The molecular weight excluding hydrogens is 338 g/mol. The molecule has 0 spiro atoms. The van der Waals surface area contributed by atoms with Gasteiger partial charge in [-0.2, -0.15) is 0 Å². The maximum atomic E-state index is 12.8. The lowest BCUT2D eigenvalue weighted by Crippen LogP contribution is -2.42. The lowest BCUT2D eigenvalue weighted by molar-refractivity contribution is -0.117. The van der Waals surface area contributed by atoms with Crippen molar-refractivity contribution in [2.24, 2.45) is 0 Å². The van der Waals surface area contributed by atoms with Crippen molar-refractivity contribution in [2.75, 3.05) is 16.8 Å². The molecule has 0 aliphatic rings. The summed E-state index contributed by atoms with van der Waals surface area (Å²) in [4.78, 5) is 27.1. The predicted octanol–water partition coefficient (Wildman–Crippen LogP) is 4.07. The van der Waals surface area contributed by atoms with Gasteiger partial charge in [-0.15, -0.1) is 0 Å². The number of anilines is 2. The number of nitrogens with zero attached hydrogens (tertiary/aromatic N) is 1. The van der Waals surface area contributed by atoms with E-state index in [1.165, 1.54) is 0 Å². The fourth-order valence-corrected chi connectivity index (χ4v) is 2.82. The fourth-order valence-electron chi connectivity index (χ4n) is 2.82. The Balaban J connectivity index is 2.14. The van der Waals surface area contributed by atoms with Crippen LogP contribution in [0.1, 0.15) is 45.0 Å². The quantitative estimate of drug-likeness (QED) is 0.809. The van der Waals surface area contributed by atoms with Gasteiger partial charge in [0.05, 0.1) is 12.1 Å². The molecule has 0 saturated carbocycles. The summed E-state index contributed by atoms with van der Waals surface area (Å²) in [5.41, 5.74) is 1.69. The van der Waals surface area contributed by atoms with Crippen molar-refractivity contribution < 1.29 is 9.59 Å². The molecule has 0 aliphatic carbocycles. The zero-order valence-corrected chi connectivity index (χ0v) is 16.7. The molecule has 0 saturated heterocycles. The smallest absolute Gasteiger partial charge is 0.253 e. The Morgan fingerprint density at radius 3 is 2.15 bits per heavy atom. The minimum absolute atomic E-state index is 0.0288. The van der Waals surface area contributed by atoms with Gasteiger partial charge in [-0.25, -0.2) is 0 Å². The molecule has 0 bridgehead atoms. The van der Waals surface area contributed by atoms with Crippen LogP contribution in [0.3, 0.4) is 0 Å². The van der Waals surface area contributed by atoms with E-state index in [0.717, 1.165) is 5.69 Å². The van der Waals surface area contributed by atoms with Gasteiger partial charge in [0.15, 0.2) is 0 Å². The molecule has 2 rings (SSSR count). The van der Waals surface area contributed by atoms with E-state index >= 15 is 0 Å². The summed E-state index contributed by atoms with van der Waals surface area (Å²) in [5, 5.41) is 6.09. The maximum absolute atomic E-state index is 12.8. The molecule has 2 aromatic rings. The second kappa shape index (κ2) is 8.71. The van der Waals surface area contributed by atoms with E-state index in [9.17, 15) is 9.59 Å². The van der Waals surface area contributed by atoms with Crippen LogP contribution in [0, 0.1) is 0 Å². The van der Waals surface area contributed by atoms with Gasteiger partial charge in [-0.3, -0.25) is 9.59 Å². The van der Waals surface area contributed by atoms with Gasteiger partial charge in [0.1, 0.15) is 0 Å². The monoisotopic (exact) mass is 367 g/mol. The molecule has 0 aliphatic heterocycles. The van der Waals surface area contributed by atoms with E-state index in [-0.39, 0.29) is 29.9 Å². The van der Waals surface area contributed by atoms with Crippen molar-refractivity contribution in [1.29, 1.82) is 0 Å². The molecule has 0 radical (unpaired) electrons. The zero-order chi connectivity index (χ0) is 20.0. The number of hydrogen-bond donors (Lipinski definition) is 2. The van der Waals surface area contributed by atoms with E-state index in [2.05, 4.69) is 10.6 Å². The number of benzene rings is 2. The highest BCUT2D eigenvalue weighted by molar-refractivity contribution is 6.01. The average molecular weight is 367 g/mol. The van der Waals surface area contributed by atoms with Crippen LogP contribution in [0.4, 0.5) is 11.4 Å². The molecule has 5 heteroatoms. The van der Waals surface area contributed by atoms with E-state index < -0.39 is 0 Å². The molecule has 2 aromatic carbocycles. The van der Waals surface area contributed by atoms with Crippen LogP contribution in [0.2, 0.25) is 0 Å². The maximum Gasteiger partial charge on any atom is 0.253 e. The molecule has 144 valence electrons. The first-order valence-corrected chi connectivity index (χ1v) is 9.21. The highest BCUT2D eigenvalue weighted by atomic mass is 16.2. The third kappa shape index (κ3) is 5.84. The van der Waals surface area contributed by atoms with Gasteiger partial charge in [0, 0.05) is 23.0 Å². The molecule has 2 amide bonds. The van der Waals surface area contributed by atoms with Crippen LogP contribution in [0.5, 0.6) is 0 Å². The van der Waals surface area contributed by atoms with Gasteiger partial charge in [0.2, 0.25) is 5.91 Å². The highest BCUT2D eigenvalue weighted by Crippen LogP contribution is 2.19. The van der Waals surface area contributed by atoms with Crippen LogP contribution in [-0.2, 0) is 4.79 Å². The number of hydrogen-bond acceptors (Lipinski definition) is 3. The molecule has 0 fully saturated rings. The minimum atomic E-state index is -0.332. The number of amides is 2. The first kappa shape index (κ1) is 20.5. The van der Waals surface area contributed by atoms with Gasteiger partial charge in [0.25, 0.3) is 5.91 Å². The topological polar surface area (TPSA) is 61.4 Å². The van der Waals surface area contributed by atoms with Gasteiger partial charge >= 0.3 is 0 Å². The number of carbonyl (C=O) groups excluding carboxylic acids is 2. The van der Waals surface area contributed by atoms with E-state index in [1.807, 2.05) is 83.1 Å². The number of carbonyl (C=O) groups is 2. The summed E-state index contributed by atoms with van der Waals surface area (Å²) < 4.78 is 0. The Morgan fingerprint density at radius 1 is 0.963 bits per heavy atom. The van der Waals surface area contributed by atoms with E-state index in [0.29, 0.717) is 11.3 Å². The molecule has 27 heavy (non-hydrogen) atoms. The lowest BCUT2D eigenvalue weighted by Gasteiger charge is -2.27. The first-order valence-electron chi connectivity index (χ1n) is 9.21. The van der Waals surface area contributed by atoms with Gasteiger partial charge < -0.3 is 15.5 Å². The molecule has 0 aromatic heterocycles. The average Bonchev–Trinajstić information content (AvgIpc) is 2.59. The van der Waals surface area contributed by atoms with Crippen LogP contribution < -0.4 is 15.5 Å². The Bertz CT molecular complexity index is 780. The highest BCUT2D eigenvalue weighted by Gasteiger charge is 2.21. The normalized spacial score (nSPS) is 11.2. The predicted molar refractivity (Wildman–Crippen MR) is 111 cm³/mol. The summed E-state index contributed by atoms with van der Waals surface area (Å²) in [6, 6.07) is 16.8. The molecule has 5 nitrogen and oxygen atoms in total. The lowest BCUT2D eigenvalue weighted by atomic mass is 10.1.